The Hall–Kier alpha value is -2.53. The highest BCUT2D eigenvalue weighted by Crippen LogP contribution is 2.25. The standard InChI is InChI=1S/C22H27N5/c1-17(16-27-13-5-2-6-14-27)15-24-22-19-7-3-4-8-20(19)25-21(26-22)18-9-11-23-12-10-18/h3-4,7-12,17H,2,5-6,13-16H2,1H3,(H,24,25,26). The molecule has 4 rings (SSSR count). The quantitative estimate of drug-likeness (QED) is 0.712. The fourth-order valence-electron chi connectivity index (χ4n) is 3.76. The number of piperidine rings is 1. The molecule has 3 heterocycles. The van der Waals surface area contributed by atoms with Crippen molar-refractivity contribution in [1.29, 1.82) is 0 Å². The third-order valence-corrected chi connectivity index (χ3v) is 5.18. The van der Waals surface area contributed by atoms with Gasteiger partial charge in [0.1, 0.15) is 5.82 Å². The average molecular weight is 361 g/mol. The number of nitrogens with zero attached hydrogens (tertiary/aromatic N) is 4. The molecule has 5 nitrogen and oxygen atoms in total. The van der Waals surface area contributed by atoms with Crippen LogP contribution < -0.4 is 5.32 Å². The molecule has 1 N–H and O–H groups in total. The zero-order chi connectivity index (χ0) is 18.5. The van der Waals surface area contributed by atoms with Crippen LogP contribution in [0.4, 0.5) is 5.82 Å². The van der Waals surface area contributed by atoms with Crippen LogP contribution in [0.15, 0.2) is 48.8 Å². The molecule has 1 atom stereocenters. The molecular formula is C22H27N5. The second kappa shape index (κ2) is 8.44. The largest absolute Gasteiger partial charge is 0.369 e. The maximum atomic E-state index is 4.83. The van der Waals surface area contributed by atoms with E-state index in [0.29, 0.717) is 5.92 Å². The first-order valence-electron chi connectivity index (χ1n) is 9.93. The number of fused-ring (bicyclic) bond motifs is 1. The van der Waals surface area contributed by atoms with Gasteiger partial charge in [0.25, 0.3) is 0 Å². The molecule has 0 saturated carbocycles. The van der Waals surface area contributed by atoms with Crippen molar-refractivity contribution in [2.75, 3.05) is 31.5 Å². The predicted molar refractivity (Wildman–Crippen MR) is 111 cm³/mol. The fraction of sp³-hybridized carbons (Fsp3) is 0.409. The molecule has 1 unspecified atom stereocenters. The van der Waals surface area contributed by atoms with E-state index in [4.69, 9.17) is 9.97 Å². The lowest BCUT2D eigenvalue weighted by atomic mass is 10.1. The van der Waals surface area contributed by atoms with Crippen LogP contribution >= 0.6 is 0 Å². The molecule has 140 valence electrons. The van der Waals surface area contributed by atoms with Gasteiger partial charge in [0.2, 0.25) is 0 Å². The van der Waals surface area contributed by atoms with Crippen LogP contribution in [0.2, 0.25) is 0 Å². The van der Waals surface area contributed by atoms with Crippen LogP contribution in [0.1, 0.15) is 26.2 Å². The van der Waals surface area contributed by atoms with Crippen LogP contribution in [-0.4, -0.2) is 46.0 Å². The molecule has 0 bridgehead atoms. The summed E-state index contributed by atoms with van der Waals surface area (Å²) in [6.45, 7) is 6.86. The number of nitrogens with one attached hydrogen (secondary N) is 1. The number of hydrogen-bond acceptors (Lipinski definition) is 5. The molecule has 1 aliphatic rings. The first-order chi connectivity index (χ1) is 13.3. The molecular weight excluding hydrogens is 334 g/mol. The number of rotatable bonds is 6. The van der Waals surface area contributed by atoms with Gasteiger partial charge in [0, 0.05) is 36.4 Å². The molecule has 3 aromatic rings. The van der Waals surface area contributed by atoms with E-state index in [9.17, 15) is 0 Å². The monoisotopic (exact) mass is 361 g/mol. The number of hydrogen-bond donors (Lipinski definition) is 1. The Bertz CT molecular complexity index is 874. The summed E-state index contributed by atoms with van der Waals surface area (Å²) in [7, 11) is 0. The summed E-state index contributed by atoms with van der Waals surface area (Å²) in [6, 6.07) is 12.1. The second-order valence-corrected chi connectivity index (χ2v) is 7.50. The molecule has 0 amide bonds. The van der Waals surface area contributed by atoms with E-state index in [2.05, 4.69) is 28.2 Å². The van der Waals surface area contributed by atoms with E-state index >= 15 is 0 Å². The maximum Gasteiger partial charge on any atom is 0.162 e. The molecule has 27 heavy (non-hydrogen) atoms. The van der Waals surface area contributed by atoms with Gasteiger partial charge in [0.15, 0.2) is 5.82 Å². The third kappa shape index (κ3) is 4.42. The zero-order valence-electron chi connectivity index (χ0n) is 15.9. The predicted octanol–water partition coefficient (Wildman–Crippen LogP) is 4.23. The van der Waals surface area contributed by atoms with Crippen molar-refractivity contribution < 1.29 is 0 Å². The Morgan fingerprint density at radius 1 is 1.00 bits per heavy atom. The smallest absolute Gasteiger partial charge is 0.162 e. The summed E-state index contributed by atoms with van der Waals surface area (Å²) in [5.41, 5.74) is 1.95. The topological polar surface area (TPSA) is 53.9 Å². The van der Waals surface area contributed by atoms with Crippen molar-refractivity contribution in [3.05, 3.63) is 48.8 Å². The van der Waals surface area contributed by atoms with Gasteiger partial charge in [-0.25, -0.2) is 9.97 Å². The molecule has 0 spiro atoms. The van der Waals surface area contributed by atoms with Crippen molar-refractivity contribution in [1.82, 2.24) is 19.9 Å². The molecule has 1 saturated heterocycles. The van der Waals surface area contributed by atoms with Crippen molar-refractivity contribution in [3.8, 4) is 11.4 Å². The summed E-state index contributed by atoms with van der Waals surface area (Å²) < 4.78 is 0. The number of para-hydroxylation sites is 1. The summed E-state index contributed by atoms with van der Waals surface area (Å²) in [5, 5.41) is 4.66. The minimum absolute atomic E-state index is 0.571. The summed E-state index contributed by atoms with van der Waals surface area (Å²) in [6.07, 6.45) is 7.62. The third-order valence-electron chi connectivity index (χ3n) is 5.18. The molecule has 0 aliphatic carbocycles. The van der Waals surface area contributed by atoms with Crippen LogP contribution in [0, 0.1) is 5.92 Å². The van der Waals surface area contributed by atoms with Gasteiger partial charge in [-0.2, -0.15) is 0 Å². The normalized spacial score (nSPS) is 16.3. The molecule has 1 aromatic carbocycles. The van der Waals surface area contributed by atoms with Gasteiger partial charge in [-0.1, -0.05) is 25.5 Å². The van der Waals surface area contributed by atoms with Gasteiger partial charge < -0.3 is 10.2 Å². The lowest BCUT2D eigenvalue weighted by Gasteiger charge is -2.29. The van der Waals surface area contributed by atoms with E-state index in [1.54, 1.807) is 12.4 Å². The Morgan fingerprint density at radius 2 is 1.78 bits per heavy atom. The van der Waals surface area contributed by atoms with Crippen LogP contribution in [0.3, 0.4) is 0 Å². The molecule has 1 aliphatic heterocycles. The fourth-order valence-corrected chi connectivity index (χ4v) is 3.76. The minimum atomic E-state index is 0.571. The number of benzene rings is 1. The highest BCUT2D eigenvalue weighted by Gasteiger charge is 2.14. The van der Waals surface area contributed by atoms with Crippen LogP contribution in [0.5, 0.6) is 0 Å². The molecule has 1 fully saturated rings. The van der Waals surface area contributed by atoms with Crippen molar-refractivity contribution >= 4 is 16.7 Å². The van der Waals surface area contributed by atoms with E-state index in [1.807, 2.05) is 30.3 Å². The van der Waals surface area contributed by atoms with E-state index in [0.717, 1.165) is 41.2 Å². The molecule has 2 aromatic heterocycles. The van der Waals surface area contributed by atoms with Gasteiger partial charge in [0.05, 0.1) is 5.52 Å². The SMILES string of the molecule is CC(CNc1nc(-c2ccncc2)nc2ccccc12)CN1CCCCC1. The lowest BCUT2D eigenvalue weighted by molar-refractivity contribution is 0.204. The first-order valence-corrected chi connectivity index (χ1v) is 9.93. The Balaban J connectivity index is 1.53. The van der Waals surface area contributed by atoms with E-state index in [1.165, 1.54) is 32.4 Å². The Labute approximate surface area is 160 Å². The second-order valence-electron chi connectivity index (χ2n) is 7.50. The van der Waals surface area contributed by atoms with E-state index in [-0.39, 0.29) is 0 Å². The van der Waals surface area contributed by atoms with Gasteiger partial charge in [-0.05, 0) is 56.1 Å². The first kappa shape index (κ1) is 17.9. The summed E-state index contributed by atoms with van der Waals surface area (Å²) in [4.78, 5) is 16.3. The zero-order valence-corrected chi connectivity index (χ0v) is 15.9. The average Bonchev–Trinajstić information content (AvgIpc) is 2.73. The van der Waals surface area contributed by atoms with Crippen molar-refractivity contribution in [2.24, 2.45) is 5.92 Å². The number of pyridine rings is 1. The Kier molecular flexibility index (Phi) is 5.58. The number of anilines is 1. The minimum Gasteiger partial charge on any atom is -0.369 e. The maximum absolute atomic E-state index is 4.83. The number of likely N-dealkylation sites (tertiary alicyclic amines) is 1. The summed E-state index contributed by atoms with van der Waals surface area (Å²) in [5.74, 6) is 2.22. The van der Waals surface area contributed by atoms with Crippen LogP contribution in [-0.2, 0) is 0 Å². The highest BCUT2D eigenvalue weighted by atomic mass is 15.1. The van der Waals surface area contributed by atoms with Gasteiger partial charge in [-0.15, -0.1) is 0 Å². The van der Waals surface area contributed by atoms with Crippen molar-refractivity contribution in [2.45, 2.75) is 26.2 Å². The molecule has 0 radical (unpaired) electrons. The highest BCUT2D eigenvalue weighted by molar-refractivity contribution is 5.90. The van der Waals surface area contributed by atoms with Crippen molar-refractivity contribution in [3.63, 3.8) is 0 Å². The lowest BCUT2D eigenvalue weighted by Crippen LogP contribution is -2.35. The molecule has 5 heteroatoms. The Morgan fingerprint density at radius 3 is 2.59 bits per heavy atom. The van der Waals surface area contributed by atoms with E-state index < -0.39 is 0 Å². The van der Waals surface area contributed by atoms with Gasteiger partial charge in [-0.3, -0.25) is 4.98 Å². The van der Waals surface area contributed by atoms with Crippen LogP contribution in [0.25, 0.3) is 22.3 Å². The van der Waals surface area contributed by atoms with Gasteiger partial charge >= 0.3 is 0 Å². The summed E-state index contributed by atoms with van der Waals surface area (Å²) >= 11 is 0. The number of aromatic nitrogens is 3.